The SMILES string of the molecule is CC(CNc1ncnc2ccccc12)C(C)(C)C. The van der Waals surface area contributed by atoms with Crippen LogP contribution in [0.2, 0.25) is 0 Å². The molecule has 0 amide bonds. The number of nitrogens with zero attached hydrogens (tertiary/aromatic N) is 2. The van der Waals surface area contributed by atoms with Gasteiger partial charge in [-0.15, -0.1) is 0 Å². The summed E-state index contributed by atoms with van der Waals surface area (Å²) in [6.07, 6.45) is 1.62. The van der Waals surface area contributed by atoms with E-state index in [0.29, 0.717) is 11.3 Å². The van der Waals surface area contributed by atoms with Crippen molar-refractivity contribution in [2.24, 2.45) is 11.3 Å². The summed E-state index contributed by atoms with van der Waals surface area (Å²) in [4.78, 5) is 8.61. The molecule has 3 heteroatoms. The van der Waals surface area contributed by atoms with E-state index in [2.05, 4.69) is 49.0 Å². The summed E-state index contributed by atoms with van der Waals surface area (Å²) >= 11 is 0. The molecular weight excluding hydrogens is 222 g/mol. The van der Waals surface area contributed by atoms with E-state index >= 15 is 0 Å². The highest BCUT2D eigenvalue weighted by Crippen LogP contribution is 2.26. The number of fused-ring (bicyclic) bond motifs is 1. The van der Waals surface area contributed by atoms with E-state index in [1.54, 1.807) is 6.33 Å². The molecule has 1 N–H and O–H groups in total. The Labute approximate surface area is 109 Å². The van der Waals surface area contributed by atoms with E-state index in [1.165, 1.54) is 0 Å². The fourth-order valence-corrected chi connectivity index (χ4v) is 1.70. The van der Waals surface area contributed by atoms with Gasteiger partial charge >= 0.3 is 0 Å². The number of hydrogen-bond acceptors (Lipinski definition) is 3. The molecule has 0 aliphatic heterocycles. The summed E-state index contributed by atoms with van der Waals surface area (Å²) in [6.45, 7) is 9.97. The first-order valence-electron chi connectivity index (χ1n) is 6.42. The van der Waals surface area contributed by atoms with E-state index in [0.717, 1.165) is 23.3 Å². The maximum atomic E-state index is 4.34. The van der Waals surface area contributed by atoms with Crippen molar-refractivity contribution in [3.8, 4) is 0 Å². The molecule has 0 fully saturated rings. The molecule has 1 atom stereocenters. The molecule has 0 saturated heterocycles. The summed E-state index contributed by atoms with van der Waals surface area (Å²) in [7, 11) is 0. The minimum Gasteiger partial charge on any atom is -0.369 e. The fourth-order valence-electron chi connectivity index (χ4n) is 1.70. The molecule has 3 nitrogen and oxygen atoms in total. The summed E-state index contributed by atoms with van der Waals surface area (Å²) in [5.74, 6) is 1.50. The lowest BCUT2D eigenvalue weighted by molar-refractivity contribution is 0.274. The lowest BCUT2D eigenvalue weighted by Crippen LogP contribution is -2.25. The van der Waals surface area contributed by atoms with Crippen LogP contribution in [0.25, 0.3) is 10.9 Å². The van der Waals surface area contributed by atoms with Crippen molar-refractivity contribution >= 4 is 16.7 Å². The van der Waals surface area contributed by atoms with Gasteiger partial charge in [0.15, 0.2) is 0 Å². The summed E-state index contributed by atoms with van der Waals surface area (Å²) in [6, 6.07) is 8.08. The van der Waals surface area contributed by atoms with E-state index in [4.69, 9.17) is 0 Å². The van der Waals surface area contributed by atoms with Gasteiger partial charge in [0.1, 0.15) is 12.1 Å². The van der Waals surface area contributed by atoms with Crippen LogP contribution < -0.4 is 5.32 Å². The van der Waals surface area contributed by atoms with Gasteiger partial charge in [-0.3, -0.25) is 0 Å². The van der Waals surface area contributed by atoms with E-state index in [1.807, 2.05) is 18.2 Å². The largest absolute Gasteiger partial charge is 0.369 e. The summed E-state index contributed by atoms with van der Waals surface area (Å²) in [5.41, 5.74) is 1.29. The van der Waals surface area contributed by atoms with Crippen molar-refractivity contribution in [3.05, 3.63) is 30.6 Å². The normalized spacial score (nSPS) is 13.6. The van der Waals surface area contributed by atoms with Crippen molar-refractivity contribution < 1.29 is 0 Å². The number of anilines is 1. The second-order valence-corrected chi connectivity index (χ2v) is 5.89. The second kappa shape index (κ2) is 4.92. The number of aromatic nitrogens is 2. The van der Waals surface area contributed by atoms with Gasteiger partial charge in [-0.2, -0.15) is 0 Å². The maximum absolute atomic E-state index is 4.34. The van der Waals surface area contributed by atoms with Crippen molar-refractivity contribution in [3.63, 3.8) is 0 Å². The first-order valence-corrected chi connectivity index (χ1v) is 6.42. The van der Waals surface area contributed by atoms with Gasteiger partial charge in [0, 0.05) is 11.9 Å². The monoisotopic (exact) mass is 243 g/mol. The van der Waals surface area contributed by atoms with Gasteiger partial charge in [-0.05, 0) is 23.5 Å². The predicted molar refractivity (Wildman–Crippen MR) is 76.6 cm³/mol. The molecule has 0 bridgehead atoms. The molecule has 1 heterocycles. The smallest absolute Gasteiger partial charge is 0.137 e. The van der Waals surface area contributed by atoms with Gasteiger partial charge in [0.05, 0.1) is 5.52 Å². The zero-order valence-electron chi connectivity index (χ0n) is 11.6. The molecule has 1 unspecified atom stereocenters. The van der Waals surface area contributed by atoms with Crippen LogP contribution in [0.4, 0.5) is 5.82 Å². The first kappa shape index (κ1) is 12.8. The molecule has 0 aliphatic carbocycles. The average Bonchev–Trinajstić information content (AvgIpc) is 2.34. The van der Waals surface area contributed by atoms with Crippen LogP contribution in [-0.2, 0) is 0 Å². The Bertz CT molecular complexity index is 523. The van der Waals surface area contributed by atoms with Gasteiger partial charge < -0.3 is 5.32 Å². The number of nitrogens with one attached hydrogen (secondary N) is 1. The topological polar surface area (TPSA) is 37.8 Å². The molecular formula is C15H21N3. The van der Waals surface area contributed by atoms with Crippen molar-refractivity contribution in [2.75, 3.05) is 11.9 Å². The predicted octanol–water partition coefficient (Wildman–Crippen LogP) is 3.72. The average molecular weight is 243 g/mol. The van der Waals surface area contributed by atoms with Crippen LogP contribution in [0.1, 0.15) is 27.7 Å². The third kappa shape index (κ3) is 2.78. The van der Waals surface area contributed by atoms with Crippen LogP contribution in [0.15, 0.2) is 30.6 Å². The van der Waals surface area contributed by atoms with Crippen molar-refractivity contribution in [2.45, 2.75) is 27.7 Å². The highest BCUT2D eigenvalue weighted by molar-refractivity contribution is 5.88. The number of para-hydroxylation sites is 1. The summed E-state index contributed by atoms with van der Waals surface area (Å²) in [5, 5.41) is 4.53. The highest BCUT2D eigenvalue weighted by Gasteiger charge is 2.19. The van der Waals surface area contributed by atoms with E-state index in [-0.39, 0.29) is 0 Å². The van der Waals surface area contributed by atoms with Gasteiger partial charge in [-0.1, -0.05) is 39.8 Å². The van der Waals surface area contributed by atoms with E-state index < -0.39 is 0 Å². The minimum atomic E-state index is 0.301. The molecule has 0 radical (unpaired) electrons. The third-order valence-corrected chi connectivity index (χ3v) is 3.60. The molecule has 2 aromatic rings. The minimum absolute atomic E-state index is 0.301. The van der Waals surface area contributed by atoms with Gasteiger partial charge in [-0.25, -0.2) is 9.97 Å². The zero-order valence-corrected chi connectivity index (χ0v) is 11.6. The molecule has 0 saturated carbocycles. The lowest BCUT2D eigenvalue weighted by Gasteiger charge is -2.27. The Kier molecular flexibility index (Phi) is 3.50. The van der Waals surface area contributed by atoms with Crippen LogP contribution >= 0.6 is 0 Å². The molecule has 0 aliphatic rings. The number of benzene rings is 1. The molecule has 1 aromatic heterocycles. The van der Waals surface area contributed by atoms with Crippen LogP contribution in [0.3, 0.4) is 0 Å². The number of rotatable bonds is 3. The zero-order chi connectivity index (χ0) is 13.2. The molecule has 1 aromatic carbocycles. The molecule has 96 valence electrons. The standard InChI is InChI=1S/C15H21N3/c1-11(15(2,3)4)9-16-14-12-7-5-6-8-13(12)17-10-18-14/h5-8,10-11H,9H2,1-4H3,(H,16,17,18). The van der Waals surface area contributed by atoms with E-state index in [9.17, 15) is 0 Å². The molecule has 2 rings (SSSR count). The van der Waals surface area contributed by atoms with Crippen molar-refractivity contribution in [1.29, 1.82) is 0 Å². The Morgan fingerprint density at radius 1 is 1.17 bits per heavy atom. The Morgan fingerprint density at radius 3 is 2.61 bits per heavy atom. The van der Waals surface area contributed by atoms with Crippen LogP contribution in [0.5, 0.6) is 0 Å². The Morgan fingerprint density at radius 2 is 1.89 bits per heavy atom. The molecule has 0 spiro atoms. The Balaban J connectivity index is 2.18. The quantitative estimate of drug-likeness (QED) is 0.892. The Hall–Kier alpha value is -1.64. The second-order valence-electron chi connectivity index (χ2n) is 5.89. The van der Waals surface area contributed by atoms with Gasteiger partial charge in [0.2, 0.25) is 0 Å². The van der Waals surface area contributed by atoms with Gasteiger partial charge in [0.25, 0.3) is 0 Å². The molecule has 18 heavy (non-hydrogen) atoms. The maximum Gasteiger partial charge on any atom is 0.137 e. The highest BCUT2D eigenvalue weighted by atomic mass is 15.0. The van der Waals surface area contributed by atoms with Crippen molar-refractivity contribution in [1.82, 2.24) is 9.97 Å². The summed E-state index contributed by atoms with van der Waals surface area (Å²) < 4.78 is 0. The third-order valence-electron chi connectivity index (χ3n) is 3.60. The number of hydrogen-bond donors (Lipinski definition) is 1. The van der Waals surface area contributed by atoms with Crippen LogP contribution in [0, 0.1) is 11.3 Å². The fraction of sp³-hybridized carbons (Fsp3) is 0.467. The first-order chi connectivity index (χ1) is 8.48. The van der Waals surface area contributed by atoms with Crippen LogP contribution in [-0.4, -0.2) is 16.5 Å². The lowest BCUT2D eigenvalue weighted by atomic mass is 9.82.